The summed E-state index contributed by atoms with van der Waals surface area (Å²) in [6, 6.07) is 1.94. The van der Waals surface area contributed by atoms with Crippen LogP contribution in [0.2, 0.25) is 0 Å². The smallest absolute Gasteiger partial charge is 0.131 e. The summed E-state index contributed by atoms with van der Waals surface area (Å²) in [7, 11) is 1.87. The molecule has 0 spiro atoms. The third kappa shape index (κ3) is 5.52. The maximum atomic E-state index is 4.35. The van der Waals surface area contributed by atoms with Gasteiger partial charge >= 0.3 is 0 Å². The Balaban J connectivity index is 2.33. The fourth-order valence-corrected chi connectivity index (χ4v) is 1.68. The quantitative estimate of drug-likeness (QED) is 0.714. The molecule has 0 aliphatic carbocycles. The van der Waals surface area contributed by atoms with Crippen molar-refractivity contribution in [2.24, 2.45) is 5.92 Å². The molecule has 0 aliphatic heterocycles. The first-order valence-electron chi connectivity index (χ1n) is 6.39. The van der Waals surface area contributed by atoms with Crippen LogP contribution in [0.1, 0.15) is 38.9 Å². The number of hydrogen-bond donors (Lipinski definition) is 2. The van der Waals surface area contributed by atoms with E-state index in [2.05, 4.69) is 34.4 Å². The van der Waals surface area contributed by atoms with Gasteiger partial charge in [-0.1, -0.05) is 26.7 Å². The predicted molar refractivity (Wildman–Crippen MR) is 73.5 cm³/mol. The summed E-state index contributed by atoms with van der Waals surface area (Å²) in [6.45, 7) is 7.41. The zero-order chi connectivity index (χ0) is 12.7. The molecule has 96 valence electrons. The number of nitrogens with one attached hydrogen (secondary N) is 2. The van der Waals surface area contributed by atoms with Gasteiger partial charge in [0, 0.05) is 19.7 Å². The molecule has 0 bridgehead atoms. The lowest BCUT2D eigenvalue weighted by atomic mass is 10.1. The zero-order valence-electron chi connectivity index (χ0n) is 11.4. The number of aryl methyl sites for hydroxylation is 1. The van der Waals surface area contributed by atoms with Crippen LogP contribution >= 0.6 is 0 Å². The summed E-state index contributed by atoms with van der Waals surface area (Å²) in [5.41, 5.74) is 0. The number of aromatic nitrogens is 2. The third-order valence-corrected chi connectivity index (χ3v) is 2.61. The van der Waals surface area contributed by atoms with Crippen LogP contribution in [0.5, 0.6) is 0 Å². The van der Waals surface area contributed by atoms with Crippen molar-refractivity contribution in [2.75, 3.05) is 24.2 Å². The van der Waals surface area contributed by atoms with Gasteiger partial charge in [-0.05, 0) is 19.3 Å². The normalized spacial score (nSPS) is 10.6. The Kier molecular flexibility index (Phi) is 5.73. The van der Waals surface area contributed by atoms with Crippen LogP contribution < -0.4 is 10.6 Å². The Labute approximate surface area is 104 Å². The van der Waals surface area contributed by atoms with Gasteiger partial charge in [0.2, 0.25) is 0 Å². The van der Waals surface area contributed by atoms with E-state index in [1.54, 1.807) is 0 Å². The van der Waals surface area contributed by atoms with E-state index in [-0.39, 0.29) is 0 Å². The van der Waals surface area contributed by atoms with Crippen LogP contribution in [0.25, 0.3) is 0 Å². The molecule has 0 saturated heterocycles. The highest BCUT2D eigenvalue weighted by Crippen LogP contribution is 2.11. The van der Waals surface area contributed by atoms with Crippen molar-refractivity contribution in [3.05, 3.63) is 11.9 Å². The minimum atomic E-state index is 0.793. The highest BCUT2D eigenvalue weighted by atomic mass is 15.1. The minimum absolute atomic E-state index is 0.793. The second-order valence-electron chi connectivity index (χ2n) is 4.75. The molecule has 1 aromatic rings. The Morgan fingerprint density at radius 3 is 2.53 bits per heavy atom. The predicted octanol–water partition coefficient (Wildman–Crippen LogP) is 3.06. The molecule has 0 saturated carbocycles. The van der Waals surface area contributed by atoms with Gasteiger partial charge in [0.05, 0.1) is 0 Å². The summed E-state index contributed by atoms with van der Waals surface area (Å²) in [4.78, 5) is 8.61. The average molecular weight is 236 g/mol. The van der Waals surface area contributed by atoms with Gasteiger partial charge < -0.3 is 10.6 Å². The molecule has 0 atom stereocenters. The van der Waals surface area contributed by atoms with Crippen molar-refractivity contribution in [3.8, 4) is 0 Å². The highest BCUT2D eigenvalue weighted by molar-refractivity contribution is 5.46. The fraction of sp³-hybridized carbons (Fsp3) is 0.692. The first-order chi connectivity index (χ1) is 8.11. The van der Waals surface area contributed by atoms with Crippen molar-refractivity contribution in [1.29, 1.82) is 0 Å². The van der Waals surface area contributed by atoms with Gasteiger partial charge in [-0.25, -0.2) is 9.97 Å². The molecule has 2 N–H and O–H groups in total. The first kappa shape index (κ1) is 13.7. The summed E-state index contributed by atoms with van der Waals surface area (Å²) in [6.07, 6.45) is 3.76. The Bertz CT molecular complexity index is 336. The topological polar surface area (TPSA) is 49.8 Å². The molecule has 1 heterocycles. The zero-order valence-corrected chi connectivity index (χ0v) is 11.4. The SMILES string of the molecule is CNc1cc(NCCCCC(C)C)nc(C)n1. The van der Waals surface area contributed by atoms with E-state index >= 15 is 0 Å². The minimum Gasteiger partial charge on any atom is -0.373 e. The Hall–Kier alpha value is -1.32. The molecule has 0 aliphatic rings. The molecule has 0 fully saturated rings. The van der Waals surface area contributed by atoms with E-state index < -0.39 is 0 Å². The standard InChI is InChI=1S/C13H24N4/c1-10(2)7-5-6-8-15-13-9-12(14-4)16-11(3)17-13/h9-10H,5-8H2,1-4H3,(H2,14,15,16,17). The van der Waals surface area contributed by atoms with Gasteiger partial charge in [0.15, 0.2) is 0 Å². The van der Waals surface area contributed by atoms with Crippen molar-refractivity contribution in [2.45, 2.75) is 40.0 Å². The second kappa shape index (κ2) is 7.09. The van der Waals surface area contributed by atoms with Crippen molar-refractivity contribution >= 4 is 11.6 Å². The molecule has 4 nitrogen and oxygen atoms in total. The largest absolute Gasteiger partial charge is 0.373 e. The van der Waals surface area contributed by atoms with Gasteiger partial charge in [-0.2, -0.15) is 0 Å². The molecular formula is C13H24N4. The molecule has 17 heavy (non-hydrogen) atoms. The Morgan fingerprint density at radius 1 is 1.18 bits per heavy atom. The van der Waals surface area contributed by atoms with Gasteiger partial charge in [-0.15, -0.1) is 0 Å². The molecule has 0 aromatic carbocycles. The van der Waals surface area contributed by atoms with Crippen molar-refractivity contribution in [3.63, 3.8) is 0 Å². The molecule has 1 aromatic heterocycles. The lowest BCUT2D eigenvalue weighted by Gasteiger charge is -2.09. The van der Waals surface area contributed by atoms with E-state index in [1.165, 1.54) is 19.3 Å². The fourth-order valence-electron chi connectivity index (χ4n) is 1.68. The average Bonchev–Trinajstić information content (AvgIpc) is 2.27. The molecule has 0 radical (unpaired) electrons. The van der Waals surface area contributed by atoms with Crippen LogP contribution in [0.4, 0.5) is 11.6 Å². The summed E-state index contributed by atoms with van der Waals surface area (Å²) in [5, 5.41) is 6.38. The number of hydrogen-bond acceptors (Lipinski definition) is 4. The number of nitrogens with zero attached hydrogens (tertiary/aromatic N) is 2. The van der Waals surface area contributed by atoms with Gasteiger partial charge in [-0.3, -0.25) is 0 Å². The molecule has 0 amide bonds. The van der Waals surface area contributed by atoms with Crippen molar-refractivity contribution in [1.82, 2.24) is 9.97 Å². The van der Waals surface area contributed by atoms with Crippen LogP contribution in [0, 0.1) is 12.8 Å². The van der Waals surface area contributed by atoms with E-state index in [0.29, 0.717) is 0 Å². The third-order valence-electron chi connectivity index (χ3n) is 2.61. The summed E-state index contributed by atoms with van der Waals surface area (Å²) >= 11 is 0. The number of rotatable bonds is 7. The number of unbranched alkanes of at least 4 members (excludes halogenated alkanes) is 1. The molecule has 0 unspecified atom stereocenters. The maximum absolute atomic E-state index is 4.35. The number of anilines is 2. The van der Waals surface area contributed by atoms with Crippen LogP contribution in [-0.4, -0.2) is 23.6 Å². The van der Waals surface area contributed by atoms with Crippen molar-refractivity contribution < 1.29 is 0 Å². The van der Waals surface area contributed by atoms with Gasteiger partial charge in [0.1, 0.15) is 17.5 Å². The van der Waals surface area contributed by atoms with E-state index in [4.69, 9.17) is 0 Å². The molecule has 1 rings (SSSR count). The van der Waals surface area contributed by atoms with E-state index in [0.717, 1.165) is 29.9 Å². The lowest BCUT2D eigenvalue weighted by Crippen LogP contribution is -2.06. The monoisotopic (exact) mass is 236 g/mol. The highest BCUT2D eigenvalue weighted by Gasteiger charge is 2.00. The maximum Gasteiger partial charge on any atom is 0.131 e. The first-order valence-corrected chi connectivity index (χ1v) is 6.39. The van der Waals surface area contributed by atoms with E-state index in [9.17, 15) is 0 Å². The second-order valence-corrected chi connectivity index (χ2v) is 4.75. The summed E-state index contributed by atoms with van der Waals surface area (Å²) < 4.78 is 0. The Morgan fingerprint density at radius 2 is 1.88 bits per heavy atom. The molecular weight excluding hydrogens is 212 g/mol. The lowest BCUT2D eigenvalue weighted by molar-refractivity contribution is 0.544. The van der Waals surface area contributed by atoms with Crippen LogP contribution in [-0.2, 0) is 0 Å². The van der Waals surface area contributed by atoms with Crippen LogP contribution in [0.15, 0.2) is 6.07 Å². The van der Waals surface area contributed by atoms with Gasteiger partial charge in [0.25, 0.3) is 0 Å². The van der Waals surface area contributed by atoms with Crippen LogP contribution in [0.3, 0.4) is 0 Å². The molecule has 4 heteroatoms. The van der Waals surface area contributed by atoms with E-state index in [1.807, 2.05) is 20.0 Å². The summed E-state index contributed by atoms with van der Waals surface area (Å²) in [5.74, 6) is 3.36.